The SMILES string of the molecule is C=CCN(C(=O)CCl)c1ccccc1C(=O)c1ccccc1. The van der Waals surface area contributed by atoms with Crippen molar-refractivity contribution < 1.29 is 9.59 Å². The van der Waals surface area contributed by atoms with Crippen LogP contribution in [-0.2, 0) is 4.79 Å². The van der Waals surface area contributed by atoms with Crippen molar-refractivity contribution in [1.82, 2.24) is 0 Å². The number of anilines is 1. The molecule has 2 aromatic rings. The summed E-state index contributed by atoms with van der Waals surface area (Å²) in [4.78, 5) is 26.2. The lowest BCUT2D eigenvalue weighted by Gasteiger charge is -2.22. The molecule has 4 heteroatoms. The Labute approximate surface area is 134 Å². The monoisotopic (exact) mass is 313 g/mol. The summed E-state index contributed by atoms with van der Waals surface area (Å²) in [6.07, 6.45) is 1.61. The number of benzene rings is 2. The first-order chi connectivity index (χ1) is 10.7. The Kier molecular flexibility index (Phi) is 5.50. The zero-order chi connectivity index (χ0) is 15.9. The molecule has 0 radical (unpaired) electrons. The molecule has 0 unspecified atom stereocenters. The van der Waals surface area contributed by atoms with Gasteiger partial charge in [-0.2, -0.15) is 0 Å². The van der Waals surface area contributed by atoms with Crippen LogP contribution < -0.4 is 4.90 Å². The summed E-state index contributed by atoms with van der Waals surface area (Å²) in [6.45, 7) is 3.95. The molecule has 0 spiro atoms. The van der Waals surface area contributed by atoms with Gasteiger partial charge in [0.05, 0.1) is 5.69 Å². The number of para-hydroxylation sites is 1. The van der Waals surface area contributed by atoms with Crippen molar-refractivity contribution in [3.05, 3.63) is 78.4 Å². The van der Waals surface area contributed by atoms with E-state index in [-0.39, 0.29) is 17.6 Å². The Morgan fingerprint density at radius 3 is 2.32 bits per heavy atom. The number of hydrogen-bond donors (Lipinski definition) is 0. The van der Waals surface area contributed by atoms with Gasteiger partial charge >= 0.3 is 0 Å². The van der Waals surface area contributed by atoms with Crippen LogP contribution in [0.2, 0.25) is 0 Å². The molecule has 0 bridgehead atoms. The minimum atomic E-state index is -0.269. The van der Waals surface area contributed by atoms with Crippen LogP contribution in [0, 0.1) is 0 Å². The van der Waals surface area contributed by atoms with E-state index in [1.807, 2.05) is 6.07 Å². The molecule has 0 atom stereocenters. The van der Waals surface area contributed by atoms with Gasteiger partial charge < -0.3 is 4.90 Å². The van der Waals surface area contributed by atoms with E-state index in [0.29, 0.717) is 23.4 Å². The van der Waals surface area contributed by atoms with Crippen molar-refractivity contribution in [2.45, 2.75) is 0 Å². The number of carbonyl (C=O) groups excluding carboxylic acids is 2. The van der Waals surface area contributed by atoms with Gasteiger partial charge in [-0.3, -0.25) is 9.59 Å². The summed E-state index contributed by atoms with van der Waals surface area (Å²) in [5.41, 5.74) is 1.59. The minimum Gasteiger partial charge on any atom is -0.307 e. The Hall–Kier alpha value is -2.39. The maximum Gasteiger partial charge on any atom is 0.242 e. The highest BCUT2D eigenvalue weighted by atomic mass is 35.5. The predicted octanol–water partition coefficient (Wildman–Crippen LogP) is 3.68. The van der Waals surface area contributed by atoms with Crippen molar-refractivity contribution in [3.8, 4) is 0 Å². The quantitative estimate of drug-likeness (QED) is 0.463. The van der Waals surface area contributed by atoms with Gasteiger partial charge in [0.25, 0.3) is 0 Å². The highest BCUT2D eigenvalue weighted by molar-refractivity contribution is 6.29. The number of alkyl halides is 1. The lowest BCUT2D eigenvalue weighted by atomic mass is 10.0. The molecule has 0 aliphatic rings. The van der Waals surface area contributed by atoms with Crippen molar-refractivity contribution >= 4 is 29.0 Å². The van der Waals surface area contributed by atoms with Gasteiger partial charge in [0.2, 0.25) is 5.91 Å². The second-order valence-electron chi connectivity index (χ2n) is 4.64. The smallest absolute Gasteiger partial charge is 0.242 e. The average molecular weight is 314 g/mol. The Morgan fingerprint density at radius 2 is 1.68 bits per heavy atom. The van der Waals surface area contributed by atoms with E-state index in [1.54, 1.807) is 54.6 Å². The standard InChI is InChI=1S/C18H16ClNO2/c1-2-12-20(17(21)13-19)16-11-7-6-10-15(16)18(22)14-8-4-3-5-9-14/h2-11H,1,12-13H2. The molecule has 22 heavy (non-hydrogen) atoms. The summed E-state index contributed by atoms with van der Waals surface area (Å²) in [6, 6.07) is 16.0. The Bertz CT molecular complexity index is 682. The van der Waals surface area contributed by atoms with Crippen LogP contribution in [0.4, 0.5) is 5.69 Å². The summed E-state index contributed by atoms with van der Waals surface area (Å²) >= 11 is 5.67. The van der Waals surface area contributed by atoms with E-state index in [0.717, 1.165) is 0 Å². The third kappa shape index (κ3) is 3.43. The maximum absolute atomic E-state index is 12.7. The summed E-state index contributed by atoms with van der Waals surface area (Å²) in [7, 11) is 0. The molecule has 0 N–H and O–H groups in total. The summed E-state index contributed by atoms with van der Waals surface area (Å²) in [5, 5.41) is 0. The molecular formula is C18H16ClNO2. The largest absolute Gasteiger partial charge is 0.307 e. The van der Waals surface area contributed by atoms with E-state index >= 15 is 0 Å². The van der Waals surface area contributed by atoms with Crippen molar-refractivity contribution in [1.29, 1.82) is 0 Å². The maximum atomic E-state index is 12.7. The highest BCUT2D eigenvalue weighted by Crippen LogP contribution is 2.24. The number of hydrogen-bond acceptors (Lipinski definition) is 2. The minimum absolute atomic E-state index is 0.132. The van der Waals surface area contributed by atoms with Crippen LogP contribution in [0.15, 0.2) is 67.3 Å². The molecule has 3 nitrogen and oxygen atoms in total. The lowest BCUT2D eigenvalue weighted by Crippen LogP contribution is -2.33. The normalized spacial score (nSPS) is 10.0. The summed E-state index contributed by atoms with van der Waals surface area (Å²) in [5.74, 6) is -0.552. The molecule has 1 amide bonds. The summed E-state index contributed by atoms with van der Waals surface area (Å²) < 4.78 is 0. The van der Waals surface area contributed by atoms with E-state index in [9.17, 15) is 9.59 Å². The number of nitrogens with zero attached hydrogens (tertiary/aromatic N) is 1. The Balaban J connectivity index is 2.47. The molecule has 2 rings (SSSR count). The number of rotatable bonds is 6. The van der Waals surface area contributed by atoms with Crippen molar-refractivity contribution in [2.24, 2.45) is 0 Å². The second-order valence-corrected chi connectivity index (χ2v) is 4.91. The first kappa shape index (κ1) is 16.0. The molecule has 0 saturated heterocycles. The van der Waals surface area contributed by atoms with Crippen LogP contribution in [0.3, 0.4) is 0 Å². The molecule has 2 aromatic carbocycles. The number of ketones is 1. The van der Waals surface area contributed by atoms with Gasteiger partial charge in [-0.05, 0) is 12.1 Å². The van der Waals surface area contributed by atoms with E-state index in [1.165, 1.54) is 4.90 Å². The van der Waals surface area contributed by atoms with Crippen LogP contribution in [0.25, 0.3) is 0 Å². The fourth-order valence-electron chi connectivity index (χ4n) is 2.18. The molecular weight excluding hydrogens is 298 g/mol. The zero-order valence-corrected chi connectivity index (χ0v) is 12.8. The van der Waals surface area contributed by atoms with Crippen LogP contribution in [-0.4, -0.2) is 24.1 Å². The van der Waals surface area contributed by atoms with Crippen molar-refractivity contribution in [3.63, 3.8) is 0 Å². The second kappa shape index (κ2) is 7.57. The van der Waals surface area contributed by atoms with Gasteiger partial charge in [0.15, 0.2) is 5.78 Å². The van der Waals surface area contributed by atoms with Gasteiger partial charge in [0, 0.05) is 17.7 Å². The predicted molar refractivity (Wildman–Crippen MR) is 89.6 cm³/mol. The highest BCUT2D eigenvalue weighted by Gasteiger charge is 2.20. The van der Waals surface area contributed by atoms with E-state index in [2.05, 4.69) is 6.58 Å². The van der Waals surface area contributed by atoms with Gasteiger partial charge in [-0.25, -0.2) is 0 Å². The first-order valence-corrected chi connectivity index (χ1v) is 7.38. The molecule has 0 aliphatic carbocycles. The van der Waals surface area contributed by atoms with Gasteiger partial charge in [0.1, 0.15) is 5.88 Å². The third-order valence-electron chi connectivity index (χ3n) is 3.20. The van der Waals surface area contributed by atoms with Crippen LogP contribution in [0.1, 0.15) is 15.9 Å². The number of amides is 1. The zero-order valence-electron chi connectivity index (χ0n) is 12.0. The topological polar surface area (TPSA) is 37.4 Å². The molecule has 0 saturated carbocycles. The number of halogens is 1. The molecule has 0 fully saturated rings. The van der Waals surface area contributed by atoms with E-state index in [4.69, 9.17) is 11.6 Å². The third-order valence-corrected chi connectivity index (χ3v) is 3.43. The average Bonchev–Trinajstić information content (AvgIpc) is 2.59. The molecule has 0 aliphatic heterocycles. The number of carbonyl (C=O) groups is 2. The van der Waals surface area contributed by atoms with Gasteiger partial charge in [-0.1, -0.05) is 48.5 Å². The fourth-order valence-corrected chi connectivity index (χ4v) is 2.33. The van der Waals surface area contributed by atoms with Gasteiger partial charge in [-0.15, -0.1) is 18.2 Å². The van der Waals surface area contributed by atoms with Crippen LogP contribution >= 0.6 is 11.6 Å². The molecule has 0 heterocycles. The lowest BCUT2D eigenvalue weighted by molar-refractivity contribution is -0.116. The molecule has 0 aromatic heterocycles. The fraction of sp³-hybridized carbons (Fsp3) is 0.111. The Morgan fingerprint density at radius 1 is 1.05 bits per heavy atom. The van der Waals surface area contributed by atoms with Crippen molar-refractivity contribution in [2.75, 3.05) is 17.3 Å². The molecule has 112 valence electrons. The van der Waals surface area contributed by atoms with Crippen LogP contribution in [0.5, 0.6) is 0 Å². The first-order valence-electron chi connectivity index (χ1n) is 6.85. The van der Waals surface area contributed by atoms with E-state index < -0.39 is 0 Å².